The number of hydrogen-bond acceptors (Lipinski definition) is 5. The van der Waals surface area contributed by atoms with Gasteiger partial charge in [-0.2, -0.15) is 0 Å². The summed E-state index contributed by atoms with van der Waals surface area (Å²) in [4.78, 5) is 34.7. The van der Waals surface area contributed by atoms with Crippen LogP contribution < -0.4 is 10.9 Å². The molecular formula is C17H14N4O3. The molecule has 0 aliphatic carbocycles. The first-order valence-corrected chi connectivity index (χ1v) is 7.17. The SMILES string of the molecule is Cc1ccc(NC(=O)c2nc(-c3ccccn3)[nH]c(=O)c2O)cc1. The molecule has 2 heterocycles. The molecule has 24 heavy (non-hydrogen) atoms. The smallest absolute Gasteiger partial charge is 0.294 e. The molecule has 2 aromatic heterocycles. The molecule has 0 aliphatic rings. The molecule has 7 heteroatoms. The number of amides is 1. The van der Waals surface area contributed by atoms with Crippen LogP contribution in [0.3, 0.4) is 0 Å². The van der Waals surface area contributed by atoms with Gasteiger partial charge in [-0.3, -0.25) is 14.6 Å². The van der Waals surface area contributed by atoms with Crippen molar-refractivity contribution in [1.82, 2.24) is 15.0 Å². The molecule has 120 valence electrons. The standard InChI is InChI=1S/C17H14N4O3/c1-10-5-7-11(8-6-10)19-16(23)13-14(22)17(24)21-15(20-13)12-4-2-3-9-18-12/h2-9,22H,1H3,(H,19,23)(H,20,21,24). The largest absolute Gasteiger partial charge is 0.501 e. The topological polar surface area (TPSA) is 108 Å². The highest BCUT2D eigenvalue weighted by molar-refractivity contribution is 6.04. The van der Waals surface area contributed by atoms with E-state index in [1.165, 1.54) is 6.20 Å². The van der Waals surface area contributed by atoms with Gasteiger partial charge in [-0.05, 0) is 31.2 Å². The molecule has 0 fully saturated rings. The molecule has 0 saturated carbocycles. The van der Waals surface area contributed by atoms with Gasteiger partial charge < -0.3 is 15.4 Å². The van der Waals surface area contributed by atoms with Crippen LogP contribution >= 0.6 is 0 Å². The first-order chi connectivity index (χ1) is 11.5. The van der Waals surface area contributed by atoms with E-state index in [2.05, 4.69) is 20.3 Å². The predicted molar refractivity (Wildman–Crippen MR) is 88.9 cm³/mol. The third-order valence-electron chi connectivity index (χ3n) is 3.33. The van der Waals surface area contributed by atoms with E-state index in [4.69, 9.17) is 0 Å². The highest BCUT2D eigenvalue weighted by Crippen LogP contribution is 2.17. The fraction of sp³-hybridized carbons (Fsp3) is 0.0588. The van der Waals surface area contributed by atoms with Crippen LogP contribution in [0.25, 0.3) is 11.5 Å². The van der Waals surface area contributed by atoms with Crippen LogP contribution in [-0.4, -0.2) is 26.0 Å². The zero-order chi connectivity index (χ0) is 17.1. The van der Waals surface area contributed by atoms with Crippen LogP contribution in [-0.2, 0) is 0 Å². The fourth-order valence-electron chi connectivity index (χ4n) is 2.08. The Balaban J connectivity index is 1.97. The minimum absolute atomic E-state index is 0.104. The maximum absolute atomic E-state index is 12.3. The summed E-state index contributed by atoms with van der Waals surface area (Å²) in [5.41, 5.74) is 0.799. The third-order valence-corrected chi connectivity index (χ3v) is 3.33. The van der Waals surface area contributed by atoms with Crippen LogP contribution in [0.4, 0.5) is 5.69 Å². The number of aromatic hydroxyl groups is 1. The number of anilines is 1. The number of H-pyrrole nitrogens is 1. The van der Waals surface area contributed by atoms with Gasteiger partial charge in [0.2, 0.25) is 5.75 Å². The maximum atomic E-state index is 12.3. The number of aryl methyl sites for hydroxylation is 1. The van der Waals surface area contributed by atoms with E-state index in [9.17, 15) is 14.7 Å². The number of aromatic nitrogens is 3. The van der Waals surface area contributed by atoms with E-state index >= 15 is 0 Å². The lowest BCUT2D eigenvalue weighted by Crippen LogP contribution is -2.20. The molecule has 3 rings (SSSR count). The van der Waals surface area contributed by atoms with Crippen molar-refractivity contribution in [3.63, 3.8) is 0 Å². The van der Waals surface area contributed by atoms with Crippen molar-refractivity contribution in [1.29, 1.82) is 0 Å². The lowest BCUT2D eigenvalue weighted by Gasteiger charge is -2.08. The number of benzene rings is 1. The van der Waals surface area contributed by atoms with Crippen molar-refractivity contribution in [3.05, 3.63) is 70.3 Å². The minimum atomic E-state index is -0.806. The first-order valence-electron chi connectivity index (χ1n) is 7.17. The summed E-state index contributed by atoms with van der Waals surface area (Å²) in [7, 11) is 0. The van der Waals surface area contributed by atoms with Crippen LogP contribution in [0.15, 0.2) is 53.5 Å². The van der Waals surface area contributed by atoms with Crippen molar-refractivity contribution in [2.75, 3.05) is 5.32 Å². The molecule has 0 saturated heterocycles. The Morgan fingerprint density at radius 1 is 1.17 bits per heavy atom. The van der Waals surface area contributed by atoms with Crippen LogP contribution in [0.5, 0.6) is 5.75 Å². The molecule has 0 aliphatic heterocycles. The van der Waals surface area contributed by atoms with Crippen molar-refractivity contribution >= 4 is 11.6 Å². The molecular weight excluding hydrogens is 308 g/mol. The monoisotopic (exact) mass is 322 g/mol. The molecule has 1 aromatic carbocycles. The predicted octanol–water partition coefficient (Wildman–Crippen LogP) is 2.10. The van der Waals surface area contributed by atoms with Crippen molar-refractivity contribution in [2.45, 2.75) is 6.92 Å². The molecule has 3 aromatic rings. The van der Waals surface area contributed by atoms with Crippen molar-refractivity contribution in [3.8, 4) is 17.3 Å². The Bertz CT molecular complexity index is 934. The van der Waals surface area contributed by atoms with E-state index in [0.717, 1.165) is 5.56 Å². The van der Waals surface area contributed by atoms with Gasteiger partial charge in [-0.25, -0.2) is 4.98 Å². The van der Waals surface area contributed by atoms with Gasteiger partial charge in [-0.15, -0.1) is 0 Å². The molecule has 0 unspecified atom stereocenters. The lowest BCUT2D eigenvalue weighted by atomic mass is 10.2. The number of hydrogen-bond donors (Lipinski definition) is 3. The summed E-state index contributed by atoms with van der Waals surface area (Å²) in [6.45, 7) is 1.93. The second kappa shape index (κ2) is 6.33. The molecule has 3 N–H and O–H groups in total. The summed E-state index contributed by atoms with van der Waals surface area (Å²) in [6, 6.07) is 12.2. The Morgan fingerprint density at radius 2 is 1.92 bits per heavy atom. The number of nitrogens with zero attached hydrogens (tertiary/aromatic N) is 2. The van der Waals surface area contributed by atoms with Gasteiger partial charge in [0.15, 0.2) is 11.5 Å². The molecule has 0 atom stereocenters. The number of rotatable bonds is 3. The Labute approximate surface area is 137 Å². The normalized spacial score (nSPS) is 10.4. The quantitative estimate of drug-likeness (QED) is 0.684. The molecule has 1 amide bonds. The number of aromatic amines is 1. The number of carbonyl (C=O) groups excluding carboxylic acids is 1. The average molecular weight is 322 g/mol. The molecule has 0 spiro atoms. The van der Waals surface area contributed by atoms with Crippen molar-refractivity contribution in [2.24, 2.45) is 0 Å². The highest BCUT2D eigenvalue weighted by Gasteiger charge is 2.19. The second-order valence-electron chi connectivity index (χ2n) is 5.15. The van der Waals surface area contributed by atoms with Gasteiger partial charge in [0.25, 0.3) is 11.5 Å². The average Bonchev–Trinajstić information content (AvgIpc) is 2.60. The Kier molecular flexibility index (Phi) is 4.07. The van der Waals surface area contributed by atoms with E-state index in [1.807, 2.05) is 19.1 Å². The summed E-state index contributed by atoms with van der Waals surface area (Å²) < 4.78 is 0. The summed E-state index contributed by atoms with van der Waals surface area (Å²) in [5.74, 6) is -1.31. The van der Waals surface area contributed by atoms with Gasteiger partial charge in [0.1, 0.15) is 5.69 Å². The van der Waals surface area contributed by atoms with E-state index < -0.39 is 17.2 Å². The van der Waals surface area contributed by atoms with Gasteiger partial charge in [0, 0.05) is 11.9 Å². The molecule has 0 radical (unpaired) electrons. The zero-order valence-corrected chi connectivity index (χ0v) is 12.8. The van der Waals surface area contributed by atoms with Gasteiger partial charge in [-0.1, -0.05) is 23.8 Å². The summed E-state index contributed by atoms with van der Waals surface area (Å²) in [5, 5.41) is 12.5. The van der Waals surface area contributed by atoms with Crippen LogP contribution in [0.1, 0.15) is 16.1 Å². The first kappa shape index (κ1) is 15.4. The molecule has 7 nitrogen and oxygen atoms in total. The summed E-state index contributed by atoms with van der Waals surface area (Å²) in [6.07, 6.45) is 1.54. The Morgan fingerprint density at radius 3 is 2.58 bits per heavy atom. The van der Waals surface area contributed by atoms with Crippen LogP contribution in [0.2, 0.25) is 0 Å². The number of nitrogens with one attached hydrogen (secondary N) is 2. The maximum Gasteiger partial charge on any atom is 0.294 e. The van der Waals surface area contributed by atoms with E-state index in [-0.39, 0.29) is 11.5 Å². The number of carbonyl (C=O) groups is 1. The van der Waals surface area contributed by atoms with E-state index in [1.54, 1.807) is 30.3 Å². The van der Waals surface area contributed by atoms with Crippen LogP contribution in [0, 0.1) is 6.92 Å². The van der Waals surface area contributed by atoms with Crippen molar-refractivity contribution < 1.29 is 9.90 Å². The highest BCUT2D eigenvalue weighted by atomic mass is 16.3. The van der Waals surface area contributed by atoms with E-state index in [0.29, 0.717) is 11.4 Å². The summed E-state index contributed by atoms with van der Waals surface area (Å²) >= 11 is 0. The Hall–Kier alpha value is -3.48. The van der Waals surface area contributed by atoms with Gasteiger partial charge in [0.05, 0.1) is 0 Å². The third kappa shape index (κ3) is 3.14. The number of pyridine rings is 1. The molecule has 0 bridgehead atoms. The lowest BCUT2D eigenvalue weighted by molar-refractivity contribution is 0.101. The fourth-order valence-corrected chi connectivity index (χ4v) is 2.08. The minimum Gasteiger partial charge on any atom is -0.501 e. The second-order valence-corrected chi connectivity index (χ2v) is 5.15. The van der Waals surface area contributed by atoms with Gasteiger partial charge >= 0.3 is 0 Å². The zero-order valence-electron chi connectivity index (χ0n) is 12.8.